The molecule has 0 atom stereocenters. The molecule has 0 saturated carbocycles. The Balaban J connectivity index is 2.73. The van der Waals surface area contributed by atoms with Gasteiger partial charge in [-0.25, -0.2) is 4.98 Å². The first kappa shape index (κ1) is 10.7. The zero-order valence-electron chi connectivity index (χ0n) is 8.78. The van der Waals surface area contributed by atoms with Gasteiger partial charge >= 0.3 is 0 Å². The summed E-state index contributed by atoms with van der Waals surface area (Å²) < 4.78 is 5.47. The summed E-state index contributed by atoms with van der Waals surface area (Å²) in [5.41, 5.74) is 1.48. The van der Waals surface area contributed by atoms with E-state index in [-0.39, 0.29) is 0 Å². The van der Waals surface area contributed by atoms with E-state index in [1.165, 1.54) is 6.20 Å². The third-order valence-electron chi connectivity index (χ3n) is 1.74. The third kappa shape index (κ3) is 2.83. The molecular formula is C11H15NO2. The van der Waals surface area contributed by atoms with E-state index in [0.717, 1.165) is 11.8 Å². The molecule has 0 N–H and O–H groups in total. The standard InChI is InChI=1S/C11H15NO2/c1-8(2)7-14-11-9(3)4-10(6-13)5-12-11/h4-6,8H,7H2,1-3H3. The van der Waals surface area contributed by atoms with Crippen LogP contribution in [0.5, 0.6) is 5.88 Å². The fourth-order valence-corrected chi connectivity index (χ4v) is 1.05. The van der Waals surface area contributed by atoms with Gasteiger partial charge in [-0.2, -0.15) is 0 Å². The van der Waals surface area contributed by atoms with Crippen molar-refractivity contribution in [3.63, 3.8) is 0 Å². The average Bonchev–Trinajstić information content (AvgIpc) is 2.15. The Labute approximate surface area is 84.1 Å². The summed E-state index contributed by atoms with van der Waals surface area (Å²) in [6, 6.07) is 1.77. The van der Waals surface area contributed by atoms with Gasteiger partial charge in [0.1, 0.15) is 0 Å². The minimum Gasteiger partial charge on any atom is -0.477 e. The predicted molar refractivity (Wildman–Crippen MR) is 54.7 cm³/mol. The number of carbonyl (C=O) groups excluding carboxylic acids is 1. The maximum atomic E-state index is 10.5. The molecular weight excluding hydrogens is 178 g/mol. The van der Waals surface area contributed by atoms with Gasteiger partial charge in [0.25, 0.3) is 0 Å². The minimum absolute atomic E-state index is 0.474. The van der Waals surface area contributed by atoms with Crippen LogP contribution >= 0.6 is 0 Å². The number of hydrogen-bond acceptors (Lipinski definition) is 3. The van der Waals surface area contributed by atoms with Crippen molar-refractivity contribution in [1.29, 1.82) is 0 Å². The van der Waals surface area contributed by atoms with Crippen LogP contribution in [0.1, 0.15) is 29.8 Å². The van der Waals surface area contributed by atoms with Crippen molar-refractivity contribution >= 4 is 6.29 Å². The number of aryl methyl sites for hydroxylation is 1. The number of hydrogen-bond donors (Lipinski definition) is 0. The molecule has 0 spiro atoms. The van der Waals surface area contributed by atoms with Crippen LogP contribution in [-0.4, -0.2) is 17.9 Å². The van der Waals surface area contributed by atoms with Crippen LogP contribution in [0, 0.1) is 12.8 Å². The van der Waals surface area contributed by atoms with Crippen molar-refractivity contribution in [3.8, 4) is 5.88 Å². The quantitative estimate of drug-likeness (QED) is 0.688. The molecule has 0 fully saturated rings. The van der Waals surface area contributed by atoms with Gasteiger partial charge in [0, 0.05) is 17.3 Å². The normalized spacial score (nSPS) is 10.3. The van der Waals surface area contributed by atoms with Gasteiger partial charge in [-0.05, 0) is 18.9 Å². The highest BCUT2D eigenvalue weighted by molar-refractivity contribution is 5.74. The van der Waals surface area contributed by atoms with Gasteiger partial charge in [0.15, 0.2) is 6.29 Å². The van der Waals surface area contributed by atoms with E-state index in [1.807, 2.05) is 6.92 Å². The first-order valence-corrected chi connectivity index (χ1v) is 4.68. The Morgan fingerprint density at radius 3 is 2.79 bits per heavy atom. The van der Waals surface area contributed by atoms with E-state index in [1.54, 1.807) is 6.07 Å². The number of ether oxygens (including phenoxy) is 1. The summed E-state index contributed by atoms with van der Waals surface area (Å²) in [6.45, 7) is 6.69. The first-order valence-electron chi connectivity index (χ1n) is 4.68. The SMILES string of the molecule is Cc1cc(C=O)cnc1OCC(C)C. The summed E-state index contributed by atoms with van der Waals surface area (Å²) in [7, 11) is 0. The molecule has 0 aliphatic rings. The minimum atomic E-state index is 0.474. The molecule has 1 heterocycles. The molecule has 0 aliphatic carbocycles. The van der Waals surface area contributed by atoms with Crippen molar-refractivity contribution in [1.82, 2.24) is 4.98 Å². The fourth-order valence-electron chi connectivity index (χ4n) is 1.05. The van der Waals surface area contributed by atoms with Gasteiger partial charge in [-0.15, -0.1) is 0 Å². The molecule has 0 aromatic carbocycles. The largest absolute Gasteiger partial charge is 0.477 e. The molecule has 0 aliphatic heterocycles. The second kappa shape index (κ2) is 4.74. The van der Waals surface area contributed by atoms with Gasteiger partial charge < -0.3 is 4.74 Å². The lowest BCUT2D eigenvalue weighted by Gasteiger charge is -2.09. The number of rotatable bonds is 4. The molecule has 76 valence electrons. The summed E-state index contributed by atoms with van der Waals surface area (Å²) in [5.74, 6) is 1.09. The molecule has 0 saturated heterocycles. The molecule has 1 aromatic heterocycles. The van der Waals surface area contributed by atoms with Crippen LogP contribution in [0.2, 0.25) is 0 Å². The van der Waals surface area contributed by atoms with Gasteiger partial charge in [-0.1, -0.05) is 13.8 Å². The van der Waals surface area contributed by atoms with Crippen molar-refractivity contribution < 1.29 is 9.53 Å². The highest BCUT2D eigenvalue weighted by Crippen LogP contribution is 2.15. The summed E-state index contributed by atoms with van der Waals surface area (Å²) in [4.78, 5) is 14.5. The molecule has 3 nitrogen and oxygen atoms in total. The number of pyridine rings is 1. The molecule has 0 unspecified atom stereocenters. The lowest BCUT2D eigenvalue weighted by Crippen LogP contribution is -2.06. The van der Waals surface area contributed by atoms with E-state index >= 15 is 0 Å². The lowest BCUT2D eigenvalue weighted by atomic mass is 10.2. The number of nitrogens with zero attached hydrogens (tertiary/aromatic N) is 1. The van der Waals surface area contributed by atoms with Crippen molar-refractivity contribution in [2.75, 3.05) is 6.61 Å². The van der Waals surface area contributed by atoms with Gasteiger partial charge in [-0.3, -0.25) is 4.79 Å². The van der Waals surface area contributed by atoms with Gasteiger partial charge in [0.2, 0.25) is 5.88 Å². The highest BCUT2D eigenvalue weighted by atomic mass is 16.5. The van der Waals surface area contributed by atoms with Crippen LogP contribution < -0.4 is 4.74 Å². The van der Waals surface area contributed by atoms with Crippen LogP contribution in [0.15, 0.2) is 12.3 Å². The Bertz CT molecular complexity index is 321. The third-order valence-corrected chi connectivity index (χ3v) is 1.74. The molecule has 0 amide bonds. The Morgan fingerprint density at radius 2 is 2.29 bits per heavy atom. The highest BCUT2D eigenvalue weighted by Gasteiger charge is 2.03. The maximum Gasteiger partial charge on any atom is 0.216 e. The lowest BCUT2D eigenvalue weighted by molar-refractivity contribution is 0.112. The van der Waals surface area contributed by atoms with Crippen molar-refractivity contribution in [2.45, 2.75) is 20.8 Å². The zero-order chi connectivity index (χ0) is 10.6. The number of aromatic nitrogens is 1. The first-order chi connectivity index (χ1) is 6.63. The monoisotopic (exact) mass is 193 g/mol. The van der Waals surface area contributed by atoms with Crippen molar-refractivity contribution in [2.24, 2.45) is 5.92 Å². The second-order valence-electron chi connectivity index (χ2n) is 3.71. The molecule has 0 radical (unpaired) electrons. The molecule has 3 heteroatoms. The topological polar surface area (TPSA) is 39.2 Å². The molecule has 1 rings (SSSR count). The van der Waals surface area contributed by atoms with E-state index in [2.05, 4.69) is 18.8 Å². The Morgan fingerprint density at radius 1 is 1.57 bits per heavy atom. The van der Waals surface area contributed by atoms with Crippen LogP contribution in [0.4, 0.5) is 0 Å². The Kier molecular flexibility index (Phi) is 3.63. The summed E-state index contributed by atoms with van der Waals surface area (Å²) >= 11 is 0. The molecule has 14 heavy (non-hydrogen) atoms. The molecule has 1 aromatic rings. The fraction of sp³-hybridized carbons (Fsp3) is 0.455. The predicted octanol–water partition coefficient (Wildman–Crippen LogP) is 2.24. The van der Waals surface area contributed by atoms with Crippen LogP contribution in [0.25, 0.3) is 0 Å². The number of carbonyl (C=O) groups is 1. The number of aldehydes is 1. The van der Waals surface area contributed by atoms with E-state index in [0.29, 0.717) is 24.0 Å². The van der Waals surface area contributed by atoms with Crippen LogP contribution in [0.3, 0.4) is 0 Å². The Hall–Kier alpha value is -1.38. The smallest absolute Gasteiger partial charge is 0.216 e. The maximum absolute atomic E-state index is 10.5. The van der Waals surface area contributed by atoms with Gasteiger partial charge in [0.05, 0.1) is 6.61 Å². The molecule has 0 bridgehead atoms. The van der Waals surface area contributed by atoms with E-state index < -0.39 is 0 Å². The summed E-state index contributed by atoms with van der Waals surface area (Å²) in [5, 5.41) is 0. The zero-order valence-corrected chi connectivity index (χ0v) is 8.78. The van der Waals surface area contributed by atoms with E-state index in [4.69, 9.17) is 4.74 Å². The average molecular weight is 193 g/mol. The second-order valence-corrected chi connectivity index (χ2v) is 3.71. The van der Waals surface area contributed by atoms with E-state index in [9.17, 15) is 4.79 Å². The van der Waals surface area contributed by atoms with Crippen molar-refractivity contribution in [3.05, 3.63) is 23.4 Å². The summed E-state index contributed by atoms with van der Waals surface area (Å²) in [6.07, 6.45) is 2.31. The van der Waals surface area contributed by atoms with Crippen LogP contribution in [-0.2, 0) is 0 Å².